The minimum absolute atomic E-state index is 0.0572. The normalized spacial score (nSPS) is 13.0. The molecule has 1 amide bonds. The first-order chi connectivity index (χ1) is 35.2. The molecular formula is C67H127NO3. The standard InChI is InChI=1S/C67H127NO3/c1-3-5-7-9-11-13-15-17-19-21-23-25-26-27-28-29-30-31-32-33-34-35-36-37-38-39-40-41-42-43-45-47-49-51-53-55-57-59-61-63-67(71)68-65(64-69)66(70)62-60-58-56-54-52-50-48-46-44-24-22-20-18-16-14-12-10-8-6-4-2/h15,17,21,23,26-27,60,62,65-66,69-70H,3-14,16,18-20,22,24-25,28-59,61,63-64H2,1-2H3,(H,68,71)/b17-15-,23-21-,27-26-,62-60+. The van der Waals surface area contributed by atoms with Gasteiger partial charge in [0.15, 0.2) is 0 Å². The van der Waals surface area contributed by atoms with Gasteiger partial charge in [0.2, 0.25) is 5.91 Å². The van der Waals surface area contributed by atoms with E-state index in [0.717, 1.165) is 38.5 Å². The van der Waals surface area contributed by atoms with Gasteiger partial charge in [0.1, 0.15) is 0 Å². The van der Waals surface area contributed by atoms with E-state index in [4.69, 9.17) is 0 Å². The summed E-state index contributed by atoms with van der Waals surface area (Å²) in [7, 11) is 0. The summed E-state index contributed by atoms with van der Waals surface area (Å²) in [5.74, 6) is -0.0572. The van der Waals surface area contributed by atoms with E-state index in [9.17, 15) is 15.0 Å². The number of amides is 1. The molecule has 0 aliphatic carbocycles. The Morgan fingerprint density at radius 3 is 0.859 bits per heavy atom. The van der Waals surface area contributed by atoms with Crippen LogP contribution in [-0.2, 0) is 4.79 Å². The Morgan fingerprint density at radius 2 is 0.577 bits per heavy atom. The average molecular weight is 995 g/mol. The molecule has 2 unspecified atom stereocenters. The van der Waals surface area contributed by atoms with Crippen LogP contribution >= 0.6 is 0 Å². The van der Waals surface area contributed by atoms with Gasteiger partial charge in [-0.05, 0) is 57.8 Å². The number of nitrogens with one attached hydrogen (secondary N) is 1. The largest absolute Gasteiger partial charge is 0.394 e. The lowest BCUT2D eigenvalue weighted by atomic mass is 10.0. The van der Waals surface area contributed by atoms with Gasteiger partial charge in [0.25, 0.3) is 0 Å². The number of carbonyl (C=O) groups is 1. The molecule has 0 aromatic carbocycles. The van der Waals surface area contributed by atoms with Gasteiger partial charge in [0.05, 0.1) is 18.8 Å². The molecule has 0 fully saturated rings. The van der Waals surface area contributed by atoms with E-state index >= 15 is 0 Å². The fourth-order valence-electron chi connectivity index (χ4n) is 10.1. The third kappa shape index (κ3) is 59.1. The number of aliphatic hydroxyl groups is 2. The molecule has 4 nitrogen and oxygen atoms in total. The predicted molar refractivity (Wildman–Crippen MR) is 318 cm³/mol. The molecule has 0 radical (unpaired) electrons. The SMILES string of the molecule is CCCCCCC/C=C\C/C=C\C/C=C\CCCCCCCCCCCCCCCCCCCCCCCCCCC(=O)NC(CO)C(O)/C=C/CCCCCCCCCCCCCCCCCCCC. The molecule has 2 atom stereocenters. The Kier molecular flexibility index (Phi) is 61.2. The molecule has 71 heavy (non-hydrogen) atoms. The van der Waals surface area contributed by atoms with Gasteiger partial charge in [-0.1, -0.05) is 339 Å². The summed E-state index contributed by atoms with van der Waals surface area (Å²) in [5, 5.41) is 23.2. The first-order valence-corrected chi connectivity index (χ1v) is 32.4. The van der Waals surface area contributed by atoms with Gasteiger partial charge in [0, 0.05) is 6.42 Å². The maximum absolute atomic E-state index is 12.5. The highest BCUT2D eigenvalue weighted by Crippen LogP contribution is 2.18. The van der Waals surface area contributed by atoms with Crippen molar-refractivity contribution in [1.29, 1.82) is 0 Å². The van der Waals surface area contributed by atoms with E-state index in [0.29, 0.717) is 6.42 Å². The van der Waals surface area contributed by atoms with E-state index in [1.54, 1.807) is 6.08 Å². The van der Waals surface area contributed by atoms with Crippen LogP contribution in [0.2, 0.25) is 0 Å². The summed E-state index contributed by atoms with van der Waals surface area (Å²) in [4.78, 5) is 12.5. The first kappa shape index (κ1) is 69.3. The van der Waals surface area contributed by atoms with Crippen LogP contribution in [0.5, 0.6) is 0 Å². The van der Waals surface area contributed by atoms with Crippen molar-refractivity contribution in [2.24, 2.45) is 0 Å². The Hall–Kier alpha value is -1.65. The lowest BCUT2D eigenvalue weighted by molar-refractivity contribution is -0.123. The molecule has 0 spiro atoms. The van der Waals surface area contributed by atoms with Crippen molar-refractivity contribution in [1.82, 2.24) is 5.32 Å². The van der Waals surface area contributed by atoms with E-state index in [1.807, 2.05) is 6.08 Å². The van der Waals surface area contributed by atoms with Crippen LogP contribution < -0.4 is 5.32 Å². The topological polar surface area (TPSA) is 69.6 Å². The molecule has 418 valence electrons. The van der Waals surface area contributed by atoms with Gasteiger partial charge in [-0.25, -0.2) is 0 Å². The Morgan fingerprint density at radius 1 is 0.338 bits per heavy atom. The second-order valence-corrected chi connectivity index (χ2v) is 22.2. The van der Waals surface area contributed by atoms with E-state index in [2.05, 4.69) is 55.6 Å². The van der Waals surface area contributed by atoms with Gasteiger partial charge >= 0.3 is 0 Å². The third-order valence-corrected chi connectivity index (χ3v) is 15.1. The van der Waals surface area contributed by atoms with Crippen molar-refractivity contribution in [2.75, 3.05) is 6.61 Å². The molecule has 4 heteroatoms. The fourth-order valence-corrected chi connectivity index (χ4v) is 10.1. The number of hydrogen-bond donors (Lipinski definition) is 3. The molecule has 0 saturated carbocycles. The number of aliphatic hydroxyl groups excluding tert-OH is 2. The van der Waals surface area contributed by atoms with Gasteiger partial charge in [-0.3, -0.25) is 4.79 Å². The Bertz CT molecular complexity index is 1130. The van der Waals surface area contributed by atoms with Crippen LogP contribution in [0.1, 0.15) is 354 Å². The summed E-state index contributed by atoms with van der Waals surface area (Å²) >= 11 is 0. The zero-order valence-corrected chi connectivity index (χ0v) is 48.3. The molecule has 3 N–H and O–H groups in total. The molecule has 0 aliphatic heterocycles. The quantitative estimate of drug-likeness (QED) is 0.0420. The average Bonchev–Trinajstić information content (AvgIpc) is 3.37. The Labute approximate surface area is 445 Å². The number of rotatable bonds is 60. The van der Waals surface area contributed by atoms with Crippen LogP contribution in [-0.4, -0.2) is 34.9 Å². The lowest BCUT2D eigenvalue weighted by Crippen LogP contribution is -2.45. The zero-order chi connectivity index (χ0) is 51.3. The summed E-state index contributed by atoms with van der Waals surface area (Å²) in [5.41, 5.74) is 0. The van der Waals surface area contributed by atoms with Crippen LogP contribution in [0.25, 0.3) is 0 Å². The molecule has 0 bridgehead atoms. The summed E-state index contributed by atoms with van der Waals surface area (Å²) in [6.45, 7) is 4.33. The Balaban J connectivity index is 3.41. The van der Waals surface area contributed by atoms with Crippen molar-refractivity contribution in [3.05, 3.63) is 48.6 Å². The monoisotopic (exact) mass is 994 g/mol. The number of unbranched alkanes of at least 4 members (excludes halogenated alkanes) is 47. The van der Waals surface area contributed by atoms with Gasteiger partial charge < -0.3 is 15.5 Å². The second kappa shape index (κ2) is 62.6. The fraction of sp³-hybridized carbons (Fsp3) is 0.866. The highest BCUT2D eigenvalue weighted by Gasteiger charge is 2.18. The number of carbonyl (C=O) groups excluding carboxylic acids is 1. The third-order valence-electron chi connectivity index (χ3n) is 15.1. The van der Waals surface area contributed by atoms with Crippen molar-refractivity contribution < 1.29 is 15.0 Å². The maximum Gasteiger partial charge on any atom is 0.220 e. The highest BCUT2D eigenvalue weighted by molar-refractivity contribution is 5.76. The molecule has 0 aliphatic rings. The summed E-state index contributed by atoms with van der Waals surface area (Å²) in [6, 6.07) is -0.621. The predicted octanol–water partition coefficient (Wildman–Crippen LogP) is 21.8. The smallest absolute Gasteiger partial charge is 0.220 e. The molecule has 0 rings (SSSR count). The molecule has 0 aromatic rings. The van der Waals surface area contributed by atoms with E-state index < -0.39 is 12.1 Å². The molecule has 0 heterocycles. The molecule has 0 saturated heterocycles. The van der Waals surface area contributed by atoms with Gasteiger partial charge in [-0.2, -0.15) is 0 Å². The highest BCUT2D eigenvalue weighted by atomic mass is 16.3. The van der Waals surface area contributed by atoms with Crippen LogP contribution in [0, 0.1) is 0 Å². The van der Waals surface area contributed by atoms with Crippen LogP contribution in [0.4, 0.5) is 0 Å². The lowest BCUT2D eigenvalue weighted by Gasteiger charge is -2.20. The minimum Gasteiger partial charge on any atom is -0.394 e. The van der Waals surface area contributed by atoms with Crippen molar-refractivity contribution in [3.63, 3.8) is 0 Å². The van der Waals surface area contributed by atoms with E-state index in [1.165, 1.54) is 295 Å². The molecule has 0 aromatic heterocycles. The summed E-state index contributed by atoms with van der Waals surface area (Å²) in [6.07, 6.45) is 87.5. The van der Waals surface area contributed by atoms with Crippen LogP contribution in [0.3, 0.4) is 0 Å². The zero-order valence-electron chi connectivity index (χ0n) is 48.3. The maximum atomic E-state index is 12.5. The second-order valence-electron chi connectivity index (χ2n) is 22.2. The number of allylic oxidation sites excluding steroid dienone is 7. The van der Waals surface area contributed by atoms with Crippen LogP contribution in [0.15, 0.2) is 48.6 Å². The van der Waals surface area contributed by atoms with Gasteiger partial charge in [-0.15, -0.1) is 0 Å². The van der Waals surface area contributed by atoms with Crippen molar-refractivity contribution in [3.8, 4) is 0 Å². The molecular weight excluding hydrogens is 867 g/mol. The van der Waals surface area contributed by atoms with E-state index in [-0.39, 0.29) is 12.5 Å². The first-order valence-electron chi connectivity index (χ1n) is 32.4. The summed E-state index contributed by atoms with van der Waals surface area (Å²) < 4.78 is 0. The van der Waals surface area contributed by atoms with Crippen molar-refractivity contribution in [2.45, 2.75) is 366 Å². The minimum atomic E-state index is -0.839. The number of hydrogen-bond acceptors (Lipinski definition) is 3. The van der Waals surface area contributed by atoms with Crippen molar-refractivity contribution >= 4 is 5.91 Å².